The van der Waals surface area contributed by atoms with E-state index in [1.807, 2.05) is 6.07 Å². The molecule has 1 N–H and O–H groups in total. The third kappa shape index (κ3) is 4.37. The molecule has 10 heteroatoms. The number of halogens is 1. The molecule has 0 fully saturated rings. The molecule has 2 aromatic carbocycles. The number of para-hydroxylation sites is 1. The van der Waals surface area contributed by atoms with Gasteiger partial charge in [0.2, 0.25) is 0 Å². The van der Waals surface area contributed by atoms with E-state index in [9.17, 15) is 9.59 Å². The van der Waals surface area contributed by atoms with Crippen LogP contribution in [0.1, 0.15) is 10.4 Å². The van der Waals surface area contributed by atoms with Crippen molar-refractivity contribution in [1.82, 2.24) is 19.7 Å². The highest BCUT2D eigenvalue weighted by molar-refractivity contribution is 6.31. The first-order valence-electron chi connectivity index (χ1n) is 10.1. The van der Waals surface area contributed by atoms with Gasteiger partial charge in [-0.15, -0.1) is 0 Å². The van der Waals surface area contributed by atoms with Crippen molar-refractivity contribution >= 4 is 40.1 Å². The molecular formula is C24H16ClN5O4. The summed E-state index contributed by atoms with van der Waals surface area (Å²) in [6.45, 7) is -0.505. The van der Waals surface area contributed by atoms with E-state index in [0.29, 0.717) is 38.8 Å². The zero-order valence-electron chi connectivity index (χ0n) is 17.5. The Hall–Kier alpha value is -4.50. The minimum absolute atomic E-state index is 0.274. The second-order valence-electron chi connectivity index (χ2n) is 7.18. The van der Waals surface area contributed by atoms with Crippen LogP contribution in [0.4, 0.5) is 5.69 Å². The van der Waals surface area contributed by atoms with Crippen LogP contribution in [-0.2, 0) is 9.53 Å². The topological polar surface area (TPSA) is 112 Å². The zero-order chi connectivity index (χ0) is 23.5. The molecule has 1 amide bonds. The van der Waals surface area contributed by atoms with E-state index in [0.717, 1.165) is 0 Å². The molecule has 5 aromatic rings. The van der Waals surface area contributed by atoms with E-state index in [1.165, 1.54) is 23.6 Å². The van der Waals surface area contributed by atoms with Crippen molar-refractivity contribution in [2.45, 2.75) is 0 Å². The second kappa shape index (κ2) is 9.16. The predicted octanol–water partition coefficient (Wildman–Crippen LogP) is 4.52. The van der Waals surface area contributed by atoms with Crippen LogP contribution in [0.15, 0.2) is 84.0 Å². The molecule has 5 rings (SSSR count). The number of pyridine rings is 1. The summed E-state index contributed by atoms with van der Waals surface area (Å²) in [5.74, 6) is -0.690. The molecule has 0 unspecified atom stereocenters. The largest absolute Gasteiger partial charge is 0.463 e. The number of ether oxygens (including phenoxy) is 1. The lowest BCUT2D eigenvalue weighted by molar-refractivity contribution is -0.119. The standard InChI is InChI=1S/C24H16ClN5O4/c25-15-7-8-21(30-14-26-13-27-30)19(10-15)29-23(31)12-34-24(32)17-11-20(22-6-3-9-33-22)28-18-5-2-1-4-16(17)18/h1-11,13-14H,12H2,(H,29,31). The number of hydrogen-bond acceptors (Lipinski definition) is 7. The molecule has 34 heavy (non-hydrogen) atoms. The lowest BCUT2D eigenvalue weighted by atomic mass is 10.1. The average molecular weight is 474 g/mol. The lowest BCUT2D eigenvalue weighted by Gasteiger charge is -2.12. The van der Waals surface area contributed by atoms with Crippen LogP contribution in [0.3, 0.4) is 0 Å². The number of amides is 1. The molecule has 0 saturated carbocycles. The van der Waals surface area contributed by atoms with Gasteiger partial charge >= 0.3 is 5.97 Å². The number of benzene rings is 2. The van der Waals surface area contributed by atoms with Crippen molar-refractivity contribution in [1.29, 1.82) is 0 Å². The fraction of sp³-hybridized carbons (Fsp3) is 0.0417. The van der Waals surface area contributed by atoms with Crippen molar-refractivity contribution < 1.29 is 18.7 Å². The van der Waals surface area contributed by atoms with Gasteiger partial charge in [0.25, 0.3) is 5.91 Å². The molecule has 0 aliphatic carbocycles. The third-order valence-corrected chi connectivity index (χ3v) is 5.18. The number of fused-ring (bicyclic) bond motifs is 1. The average Bonchev–Trinajstić information content (AvgIpc) is 3.57. The Morgan fingerprint density at radius 1 is 1.09 bits per heavy atom. The van der Waals surface area contributed by atoms with Crippen LogP contribution in [0, 0.1) is 0 Å². The van der Waals surface area contributed by atoms with Gasteiger partial charge < -0.3 is 14.5 Å². The summed E-state index contributed by atoms with van der Waals surface area (Å²) < 4.78 is 12.2. The quantitative estimate of drug-likeness (QED) is 0.361. The number of carbonyl (C=O) groups excluding carboxylic acids is 2. The van der Waals surface area contributed by atoms with Gasteiger partial charge in [-0.3, -0.25) is 4.79 Å². The summed E-state index contributed by atoms with van der Waals surface area (Å²) in [5.41, 5.74) is 2.31. The van der Waals surface area contributed by atoms with Crippen LogP contribution in [0.25, 0.3) is 28.0 Å². The molecule has 0 aliphatic rings. The van der Waals surface area contributed by atoms with Crippen molar-refractivity contribution in [2.24, 2.45) is 0 Å². The summed E-state index contributed by atoms with van der Waals surface area (Å²) in [6.07, 6.45) is 4.39. The fourth-order valence-corrected chi connectivity index (χ4v) is 3.60. The molecule has 0 saturated heterocycles. The molecule has 0 radical (unpaired) electrons. The molecular weight excluding hydrogens is 458 g/mol. The van der Waals surface area contributed by atoms with Gasteiger partial charge in [0, 0.05) is 10.4 Å². The zero-order valence-corrected chi connectivity index (χ0v) is 18.3. The molecule has 3 heterocycles. The smallest absolute Gasteiger partial charge is 0.339 e. The van der Waals surface area contributed by atoms with E-state index in [-0.39, 0.29) is 5.56 Å². The first-order valence-corrected chi connectivity index (χ1v) is 10.5. The Morgan fingerprint density at radius 3 is 2.76 bits per heavy atom. The summed E-state index contributed by atoms with van der Waals surface area (Å²) in [7, 11) is 0. The van der Waals surface area contributed by atoms with Crippen LogP contribution < -0.4 is 5.32 Å². The van der Waals surface area contributed by atoms with Crippen LogP contribution in [-0.4, -0.2) is 38.2 Å². The van der Waals surface area contributed by atoms with Crippen molar-refractivity contribution in [3.8, 4) is 17.1 Å². The summed E-state index contributed by atoms with van der Waals surface area (Å²) in [6, 6.07) is 17.2. The Bertz CT molecular complexity index is 1480. The molecule has 0 atom stereocenters. The minimum Gasteiger partial charge on any atom is -0.463 e. The number of esters is 1. The number of rotatable bonds is 6. The normalized spacial score (nSPS) is 10.9. The van der Waals surface area contributed by atoms with Gasteiger partial charge in [0.05, 0.1) is 28.7 Å². The summed E-state index contributed by atoms with van der Waals surface area (Å²) in [4.78, 5) is 34.0. The predicted molar refractivity (Wildman–Crippen MR) is 125 cm³/mol. The number of aromatic nitrogens is 4. The Balaban J connectivity index is 1.35. The van der Waals surface area contributed by atoms with Gasteiger partial charge in [-0.05, 0) is 42.5 Å². The highest BCUT2D eigenvalue weighted by Gasteiger charge is 2.18. The molecule has 168 valence electrons. The Kier molecular flexibility index (Phi) is 5.75. The van der Waals surface area contributed by atoms with E-state index < -0.39 is 18.5 Å². The van der Waals surface area contributed by atoms with Crippen molar-refractivity contribution in [3.05, 3.63) is 90.2 Å². The number of nitrogens with one attached hydrogen (secondary N) is 1. The molecule has 0 aliphatic heterocycles. The Morgan fingerprint density at radius 2 is 1.97 bits per heavy atom. The molecule has 0 bridgehead atoms. The van der Waals surface area contributed by atoms with E-state index in [4.69, 9.17) is 20.8 Å². The van der Waals surface area contributed by atoms with Crippen LogP contribution in [0.5, 0.6) is 0 Å². The van der Waals surface area contributed by atoms with Crippen LogP contribution in [0.2, 0.25) is 5.02 Å². The minimum atomic E-state index is -0.663. The number of anilines is 1. The highest BCUT2D eigenvalue weighted by atomic mass is 35.5. The maximum absolute atomic E-state index is 12.9. The van der Waals surface area contributed by atoms with Crippen LogP contribution >= 0.6 is 11.6 Å². The fourth-order valence-electron chi connectivity index (χ4n) is 3.43. The number of carbonyl (C=O) groups is 2. The number of nitrogens with zero attached hydrogens (tertiary/aromatic N) is 4. The van der Waals surface area contributed by atoms with Gasteiger partial charge in [-0.2, -0.15) is 5.10 Å². The highest BCUT2D eigenvalue weighted by Crippen LogP contribution is 2.26. The number of hydrogen-bond donors (Lipinski definition) is 1. The molecule has 3 aromatic heterocycles. The summed E-state index contributed by atoms with van der Waals surface area (Å²) in [5, 5.41) is 7.79. The second-order valence-corrected chi connectivity index (χ2v) is 7.61. The first kappa shape index (κ1) is 21.4. The molecule has 0 spiro atoms. The maximum atomic E-state index is 12.9. The van der Waals surface area contributed by atoms with Crippen molar-refractivity contribution in [2.75, 3.05) is 11.9 Å². The lowest BCUT2D eigenvalue weighted by Crippen LogP contribution is -2.22. The Labute approximate surface area is 198 Å². The monoisotopic (exact) mass is 473 g/mol. The van der Waals surface area contributed by atoms with E-state index >= 15 is 0 Å². The van der Waals surface area contributed by atoms with E-state index in [1.54, 1.807) is 54.6 Å². The SMILES string of the molecule is O=C(COC(=O)c1cc(-c2ccco2)nc2ccccc12)Nc1cc(Cl)ccc1-n1cncn1. The van der Waals surface area contributed by atoms with Crippen molar-refractivity contribution in [3.63, 3.8) is 0 Å². The first-order chi connectivity index (χ1) is 16.6. The third-order valence-electron chi connectivity index (χ3n) is 4.94. The van der Waals surface area contributed by atoms with Gasteiger partial charge in [0.15, 0.2) is 12.4 Å². The maximum Gasteiger partial charge on any atom is 0.339 e. The summed E-state index contributed by atoms with van der Waals surface area (Å²) >= 11 is 6.09. The molecule has 9 nitrogen and oxygen atoms in total. The number of furan rings is 1. The van der Waals surface area contributed by atoms with Gasteiger partial charge in [0.1, 0.15) is 18.3 Å². The van der Waals surface area contributed by atoms with E-state index in [2.05, 4.69) is 20.4 Å². The van der Waals surface area contributed by atoms with Gasteiger partial charge in [-0.1, -0.05) is 29.8 Å². The van der Waals surface area contributed by atoms with Gasteiger partial charge in [-0.25, -0.2) is 19.4 Å².